The van der Waals surface area contributed by atoms with Gasteiger partial charge in [0.15, 0.2) is 5.79 Å². The molecule has 7 rings (SSSR count). The predicted octanol–water partition coefficient (Wildman–Crippen LogP) is 7.75. The quantitative estimate of drug-likeness (QED) is 0.330. The Morgan fingerprint density at radius 2 is 1.54 bits per heavy atom. The highest BCUT2D eigenvalue weighted by Crippen LogP contribution is 2.61. The van der Waals surface area contributed by atoms with Gasteiger partial charge < -0.3 is 14.2 Å². The van der Waals surface area contributed by atoms with Crippen molar-refractivity contribution in [3.8, 4) is 0 Å². The molecule has 5 nitrogen and oxygen atoms in total. The summed E-state index contributed by atoms with van der Waals surface area (Å²) in [5, 5.41) is 0. The molecular weight excluding hydrogens is 510 g/mol. The Bertz CT molecular complexity index is 1660. The second kappa shape index (κ2) is 9.37. The van der Waals surface area contributed by atoms with Gasteiger partial charge >= 0.3 is 6.09 Å². The molecule has 0 bridgehead atoms. The third-order valence-electron chi connectivity index (χ3n) is 8.69. The Labute approximate surface area is 241 Å². The summed E-state index contributed by atoms with van der Waals surface area (Å²) in [5.74, 6) is -0.821. The Kier molecular flexibility index (Phi) is 5.97. The minimum absolute atomic E-state index is 0.556. The van der Waals surface area contributed by atoms with Gasteiger partial charge in [-0.15, -0.1) is 0 Å². The van der Waals surface area contributed by atoms with Crippen molar-refractivity contribution >= 4 is 23.0 Å². The second-order valence-corrected chi connectivity index (χ2v) is 12.4. The number of allylic oxidation sites excluding steroid dienone is 4. The minimum atomic E-state index is -0.821. The summed E-state index contributed by atoms with van der Waals surface area (Å²) in [6, 6.07) is 23.6. The number of fused-ring (bicyclic) bond motifs is 3. The van der Waals surface area contributed by atoms with Crippen LogP contribution in [0.15, 0.2) is 83.9 Å². The largest absolute Gasteiger partial charge is 0.442 e. The number of rotatable bonds is 2. The minimum Gasteiger partial charge on any atom is -0.442 e. The third-order valence-corrected chi connectivity index (χ3v) is 8.69. The van der Waals surface area contributed by atoms with Crippen LogP contribution in [0, 0.1) is 0 Å². The molecule has 3 aromatic carbocycles. The molecule has 1 heterocycles. The van der Waals surface area contributed by atoms with E-state index in [-0.39, 0.29) is 0 Å². The summed E-state index contributed by atoms with van der Waals surface area (Å²) in [6.45, 7) is 8.73. The van der Waals surface area contributed by atoms with Crippen LogP contribution in [-0.4, -0.2) is 30.6 Å². The monoisotopic (exact) mass is 545 g/mol. The van der Waals surface area contributed by atoms with Crippen molar-refractivity contribution in [1.82, 2.24) is 0 Å². The Morgan fingerprint density at radius 3 is 2.29 bits per heavy atom. The summed E-state index contributed by atoms with van der Waals surface area (Å²) in [4.78, 5) is 17.3. The molecule has 1 aliphatic heterocycles. The summed E-state index contributed by atoms with van der Waals surface area (Å²) < 4.78 is 18.0. The fourth-order valence-corrected chi connectivity index (χ4v) is 7.21. The molecule has 0 unspecified atom stereocenters. The van der Waals surface area contributed by atoms with E-state index in [1.807, 2.05) is 39.8 Å². The van der Waals surface area contributed by atoms with Crippen LogP contribution in [0.1, 0.15) is 79.5 Å². The fraction of sp³-hybridized carbons (Fsp3) is 0.333. The first-order chi connectivity index (χ1) is 19.7. The third kappa shape index (κ3) is 4.05. The second-order valence-electron chi connectivity index (χ2n) is 12.4. The van der Waals surface area contributed by atoms with Gasteiger partial charge in [-0.05, 0) is 92.0 Å². The fourth-order valence-electron chi connectivity index (χ4n) is 7.21. The van der Waals surface area contributed by atoms with Gasteiger partial charge in [0.05, 0.1) is 24.3 Å². The molecule has 0 saturated carbocycles. The van der Waals surface area contributed by atoms with Crippen LogP contribution in [0.4, 0.5) is 4.79 Å². The Balaban J connectivity index is 1.51. The van der Waals surface area contributed by atoms with Crippen LogP contribution in [0.5, 0.6) is 0 Å². The normalized spacial score (nSPS) is 23.2. The lowest BCUT2D eigenvalue weighted by atomic mass is 9.64. The maximum absolute atomic E-state index is 12.8. The van der Waals surface area contributed by atoms with E-state index in [1.165, 1.54) is 27.8 Å². The summed E-state index contributed by atoms with van der Waals surface area (Å²) in [5.41, 5.74) is 10.4. The maximum Gasteiger partial charge on any atom is 0.434 e. The van der Waals surface area contributed by atoms with Gasteiger partial charge in [0, 0.05) is 11.1 Å². The number of ether oxygens (including phenoxy) is 3. The predicted molar refractivity (Wildman–Crippen MR) is 161 cm³/mol. The average Bonchev–Trinajstić information content (AvgIpc) is 3.51. The number of hydrogen-bond donors (Lipinski definition) is 0. The highest BCUT2D eigenvalue weighted by molar-refractivity contribution is 6.18. The lowest BCUT2D eigenvalue weighted by Crippen LogP contribution is -2.33. The molecule has 41 heavy (non-hydrogen) atoms. The molecule has 3 aliphatic carbocycles. The first-order valence-corrected chi connectivity index (χ1v) is 14.6. The molecule has 1 saturated heterocycles. The molecule has 0 N–H and O–H groups in total. The highest BCUT2D eigenvalue weighted by atomic mass is 16.7. The lowest BCUT2D eigenvalue weighted by Gasteiger charge is -2.38. The molecule has 1 spiro atoms. The summed E-state index contributed by atoms with van der Waals surface area (Å²) in [7, 11) is 0. The van der Waals surface area contributed by atoms with E-state index in [4.69, 9.17) is 14.2 Å². The zero-order chi connectivity index (χ0) is 28.4. The number of aliphatic imine (C=N–C) groups is 1. The summed E-state index contributed by atoms with van der Waals surface area (Å²) in [6.07, 6.45) is 6.86. The van der Waals surface area contributed by atoms with E-state index in [2.05, 4.69) is 71.7 Å². The average molecular weight is 546 g/mol. The molecule has 5 heteroatoms. The molecule has 0 radical (unpaired) electrons. The molecule has 1 fully saturated rings. The number of benzene rings is 3. The van der Waals surface area contributed by atoms with Gasteiger partial charge in [0.25, 0.3) is 0 Å². The van der Waals surface area contributed by atoms with E-state index in [0.29, 0.717) is 18.9 Å². The smallest absolute Gasteiger partial charge is 0.434 e. The van der Waals surface area contributed by atoms with Crippen LogP contribution in [0.3, 0.4) is 0 Å². The van der Waals surface area contributed by atoms with Crippen LogP contribution in [-0.2, 0) is 31.8 Å². The van der Waals surface area contributed by atoms with E-state index in [0.717, 1.165) is 41.5 Å². The molecule has 1 atom stereocenters. The van der Waals surface area contributed by atoms with Crippen molar-refractivity contribution in [2.75, 3.05) is 13.2 Å². The number of amides is 1. The number of aryl methyl sites for hydroxylation is 1. The maximum atomic E-state index is 12.8. The van der Waals surface area contributed by atoms with Gasteiger partial charge in [-0.25, -0.2) is 4.79 Å². The number of carbonyl (C=O) groups excluding carboxylic acids is 1. The zero-order valence-corrected chi connectivity index (χ0v) is 24.1. The lowest BCUT2D eigenvalue weighted by molar-refractivity contribution is -0.149. The van der Waals surface area contributed by atoms with Crippen LogP contribution in [0.2, 0.25) is 0 Å². The van der Waals surface area contributed by atoms with Crippen LogP contribution < -0.4 is 0 Å². The first-order valence-electron chi connectivity index (χ1n) is 14.6. The van der Waals surface area contributed by atoms with Crippen molar-refractivity contribution < 1.29 is 19.0 Å². The molecule has 1 amide bonds. The van der Waals surface area contributed by atoms with Crippen molar-refractivity contribution in [3.05, 3.63) is 118 Å². The van der Waals surface area contributed by atoms with E-state index in [9.17, 15) is 4.79 Å². The van der Waals surface area contributed by atoms with Gasteiger partial charge in [-0.2, -0.15) is 4.99 Å². The van der Waals surface area contributed by atoms with Gasteiger partial charge in [-0.3, -0.25) is 0 Å². The SMILES string of the molecule is CC(C)(C)OC(=O)/N=C1\C=C[C@@]2(C(c3ccccc3C3(C)OCCO3)=C3CCCc4cccc2c43)c2ccccc21. The van der Waals surface area contributed by atoms with Crippen LogP contribution in [0.25, 0.3) is 11.1 Å². The summed E-state index contributed by atoms with van der Waals surface area (Å²) >= 11 is 0. The van der Waals surface area contributed by atoms with E-state index >= 15 is 0 Å². The number of hydrogen-bond acceptors (Lipinski definition) is 4. The standard InChI is InChI=1S/C36H35NO4/c1-34(2,3)41-33(38)37-30-19-20-36(28-17-8-5-13-24(28)30)29-18-10-12-23-11-9-15-26(31(23)29)32(36)25-14-6-7-16-27(25)35(4)39-21-22-40-35/h5-8,10,12-14,16-20H,9,11,15,21-22H2,1-4H3/b37-30+/t36-/m1/s1. The molecule has 208 valence electrons. The van der Waals surface area contributed by atoms with Crippen LogP contribution >= 0.6 is 0 Å². The zero-order valence-electron chi connectivity index (χ0n) is 24.1. The van der Waals surface area contributed by atoms with Gasteiger partial charge in [0.2, 0.25) is 0 Å². The molecule has 3 aromatic rings. The molecular formula is C36H35NO4. The Morgan fingerprint density at radius 1 is 0.854 bits per heavy atom. The van der Waals surface area contributed by atoms with Crippen molar-refractivity contribution in [1.29, 1.82) is 0 Å². The van der Waals surface area contributed by atoms with E-state index < -0.39 is 22.9 Å². The number of nitrogens with zero attached hydrogens (tertiary/aromatic N) is 1. The topological polar surface area (TPSA) is 57.1 Å². The Hall–Kier alpha value is -3.80. The number of carbonyl (C=O) groups is 1. The van der Waals surface area contributed by atoms with Crippen molar-refractivity contribution in [2.45, 2.75) is 63.8 Å². The first kappa shape index (κ1) is 26.1. The van der Waals surface area contributed by atoms with Crippen molar-refractivity contribution in [2.24, 2.45) is 4.99 Å². The van der Waals surface area contributed by atoms with Gasteiger partial charge in [-0.1, -0.05) is 72.8 Å². The van der Waals surface area contributed by atoms with Crippen molar-refractivity contribution in [3.63, 3.8) is 0 Å². The molecule has 0 aromatic heterocycles. The molecule has 4 aliphatic rings. The van der Waals surface area contributed by atoms with Gasteiger partial charge in [0.1, 0.15) is 5.60 Å². The van der Waals surface area contributed by atoms with E-state index in [1.54, 1.807) is 0 Å². The highest BCUT2D eigenvalue weighted by Gasteiger charge is 2.50.